The van der Waals surface area contributed by atoms with Gasteiger partial charge < -0.3 is 11.5 Å². The van der Waals surface area contributed by atoms with E-state index in [4.69, 9.17) is 0 Å². The first-order valence-electron chi connectivity index (χ1n) is 8.93. The van der Waals surface area contributed by atoms with E-state index >= 15 is 0 Å². The van der Waals surface area contributed by atoms with Crippen molar-refractivity contribution in [3.8, 4) is 0 Å². The summed E-state index contributed by atoms with van der Waals surface area (Å²) in [6.45, 7) is 2.29. The third-order valence-corrected chi connectivity index (χ3v) is 3.97. The first-order valence-corrected chi connectivity index (χ1v) is 8.93. The molecule has 0 fully saturated rings. The summed E-state index contributed by atoms with van der Waals surface area (Å²) >= 11 is 0. The van der Waals surface area contributed by atoms with E-state index in [0.29, 0.717) is 6.17 Å². The van der Waals surface area contributed by atoms with Crippen molar-refractivity contribution < 1.29 is 11.5 Å². The largest absolute Gasteiger partial charge is 0.309 e. The van der Waals surface area contributed by atoms with Crippen LogP contribution in [0.3, 0.4) is 0 Å². The molecule has 2 heteroatoms. The normalized spacial score (nSPS) is 11.4. The Labute approximate surface area is 121 Å². The molecule has 0 amide bonds. The Bertz CT molecular complexity index is 157. The maximum absolute atomic E-state index is 3.93. The summed E-state index contributed by atoms with van der Waals surface area (Å²) < 4.78 is 0. The van der Waals surface area contributed by atoms with Crippen LogP contribution in [0.1, 0.15) is 103 Å². The predicted octanol–water partition coefficient (Wildman–Crippen LogP) is 3.67. The molecule has 0 aromatic heterocycles. The first kappa shape index (κ1) is 18.9. The lowest BCUT2D eigenvalue weighted by Gasteiger charge is -2.03. The molecule has 0 saturated heterocycles. The fourth-order valence-corrected chi connectivity index (χ4v) is 2.63. The lowest BCUT2D eigenvalue weighted by molar-refractivity contribution is -0.658. The third-order valence-electron chi connectivity index (χ3n) is 3.97. The van der Waals surface area contributed by atoms with Crippen LogP contribution in [-0.4, -0.2) is 6.17 Å². The zero-order chi connectivity index (χ0) is 14.2. The van der Waals surface area contributed by atoms with Gasteiger partial charge in [0.05, 0.1) is 6.42 Å². The molecule has 0 aromatic carbocycles. The molecule has 0 rings (SSSR count). The van der Waals surface area contributed by atoms with Gasteiger partial charge in [-0.05, 0) is 6.42 Å². The van der Waals surface area contributed by atoms with Crippen LogP contribution in [0.4, 0.5) is 0 Å². The van der Waals surface area contributed by atoms with Crippen LogP contribution in [0.2, 0.25) is 0 Å². The Morgan fingerprint density at radius 1 is 0.526 bits per heavy atom. The second-order valence-electron chi connectivity index (χ2n) is 6.25. The summed E-state index contributed by atoms with van der Waals surface area (Å²) in [6.07, 6.45) is 21.7. The smallest absolute Gasteiger partial charge is 0.207 e. The van der Waals surface area contributed by atoms with Gasteiger partial charge in [-0.3, -0.25) is 0 Å². The number of quaternary nitrogens is 2. The summed E-state index contributed by atoms with van der Waals surface area (Å²) in [5, 5.41) is 0. The lowest BCUT2D eigenvalue weighted by Crippen LogP contribution is -2.84. The van der Waals surface area contributed by atoms with Crippen LogP contribution < -0.4 is 11.5 Å². The van der Waals surface area contributed by atoms with Crippen LogP contribution in [-0.2, 0) is 0 Å². The van der Waals surface area contributed by atoms with Gasteiger partial charge in [0.15, 0.2) is 0 Å². The molecule has 0 aliphatic carbocycles. The van der Waals surface area contributed by atoms with Gasteiger partial charge in [-0.1, -0.05) is 90.4 Å². The highest BCUT2D eigenvalue weighted by Gasteiger charge is 1.99. The highest BCUT2D eigenvalue weighted by molar-refractivity contribution is 4.49. The van der Waals surface area contributed by atoms with Crippen molar-refractivity contribution in [1.82, 2.24) is 0 Å². The van der Waals surface area contributed by atoms with Crippen LogP contribution in [0, 0.1) is 0 Å². The Hall–Kier alpha value is -0.0800. The highest BCUT2D eigenvalue weighted by atomic mass is 14.8. The van der Waals surface area contributed by atoms with E-state index in [-0.39, 0.29) is 0 Å². The van der Waals surface area contributed by atoms with Crippen molar-refractivity contribution >= 4 is 0 Å². The molecule has 0 saturated carbocycles. The van der Waals surface area contributed by atoms with Crippen molar-refractivity contribution in [2.45, 2.75) is 109 Å². The molecule has 0 spiro atoms. The van der Waals surface area contributed by atoms with Crippen molar-refractivity contribution in [1.29, 1.82) is 0 Å². The molecule has 0 bridgehead atoms. The van der Waals surface area contributed by atoms with Crippen LogP contribution in [0.25, 0.3) is 0 Å². The first-order chi connectivity index (χ1) is 9.27. The zero-order valence-corrected chi connectivity index (χ0v) is 13.6. The van der Waals surface area contributed by atoms with Crippen molar-refractivity contribution in [2.75, 3.05) is 0 Å². The SMILES string of the molecule is CCCCCCCCCCCCCCCCC([NH3+])[NH3+]. The van der Waals surface area contributed by atoms with Gasteiger partial charge in [-0.25, -0.2) is 0 Å². The second kappa shape index (κ2) is 16.0. The molecule has 19 heavy (non-hydrogen) atoms. The average Bonchev–Trinajstić information content (AvgIpc) is 2.39. The third kappa shape index (κ3) is 17.9. The fourth-order valence-electron chi connectivity index (χ4n) is 2.63. The van der Waals surface area contributed by atoms with Crippen LogP contribution in [0.5, 0.6) is 0 Å². The molecule has 6 N–H and O–H groups in total. The second-order valence-corrected chi connectivity index (χ2v) is 6.25. The Balaban J connectivity index is 2.91. The molecule has 0 aliphatic heterocycles. The van der Waals surface area contributed by atoms with Gasteiger partial charge in [-0.2, -0.15) is 0 Å². The van der Waals surface area contributed by atoms with E-state index < -0.39 is 0 Å². The van der Waals surface area contributed by atoms with Gasteiger partial charge in [0, 0.05) is 0 Å². The molecule has 0 aliphatic rings. The Morgan fingerprint density at radius 3 is 1.16 bits per heavy atom. The molecule has 0 unspecified atom stereocenters. The molecule has 116 valence electrons. The van der Waals surface area contributed by atoms with E-state index in [0.717, 1.165) is 0 Å². The van der Waals surface area contributed by atoms with Gasteiger partial charge in [0.1, 0.15) is 0 Å². The molecular formula is C17H40N2+2. The van der Waals surface area contributed by atoms with Gasteiger partial charge in [0.2, 0.25) is 6.17 Å². The summed E-state index contributed by atoms with van der Waals surface area (Å²) in [5.41, 5.74) is 7.85. The number of hydrogen-bond donors (Lipinski definition) is 2. The van der Waals surface area contributed by atoms with Crippen molar-refractivity contribution in [3.63, 3.8) is 0 Å². The van der Waals surface area contributed by atoms with E-state index in [9.17, 15) is 0 Å². The zero-order valence-electron chi connectivity index (χ0n) is 13.6. The van der Waals surface area contributed by atoms with Gasteiger partial charge in [0.25, 0.3) is 0 Å². The van der Waals surface area contributed by atoms with Crippen molar-refractivity contribution in [3.05, 3.63) is 0 Å². The Kier molecular flexibility index (Phi) is 15.9. The molecule has 0 aromatic rings. The number of hydrogen-bond acceptors (Lipinski definition) is 0. The standard InChI is InChI=1S/C17H38N2/c1-2-3-4-5-6-7-8-9-10-11-12-13-14-15-16-17(18)19/h17H,2-16,18-19H2,1H3/p+2. The fraction of sp³-hybridized carbons (Fsp3) is 1.00. The minimum atomic E-state index is 0.400. The molecule has 0 radical (unpaired) electrons. The summed E-state index contributed by atoms with van der Waals surface area (Å²) in [4.78, 5) is 0. The minimum absolute atomic E-state index is 0.400. The maximum Gasteiger partial charge on any atom is 0.207 e. The molecule has 0 heterocycles. The van der Waals surface area contributed by atoms with E-state index in [2.05, 4.69) is 18.4 Å². The molecule has 2 nitrogen and oxygen atoms in total. The quantitative estimate of drug-likeness (QED) is 0.338. The van der Waals surface area contributed by atoms with Gasteiger partial charge in [-0.15, -0.1) is 0 Å². The van der Waals surface area contributed by atoms with Crippen molar-refractivity contribution in [2.24, 2.45) is 0 Å². The molecular weight excluding hydrogens is 232 g/mol. The summed E-state index contributed by atoms with van der Waals surface area (Å²) in [5.74, 6) is 0. The van der Waals surface area contributed by atoms with E-state index in [1.165, 1.54) is 96.3 Å². The van der Waals surface area contributed by atoms with E-state index in [1.54, 1.807) is 0 Å². The van der Waals surface area contributed by atoms with Gasteiger partial charge >= 0.3 is 0 Å². The van der Waals surface area contributed by atoms with Crippen LogP contribution in [0.15, 0.2) is 0 Å². The maximum atomic E-state index is 3.93. The highest BCUT2D eigenvalue weighted by Crippen LogP contribution is 2.13. The Morgan fingerprint density at radius 2 is 0.842 bits per heavy atom. The van der Waals surface area contributed by atoms with E-state index in [1.807, 2.05) is 0 Å². The topological polar surface area (TPSA) is 55.3 Å². The molecule has 0 atom stereocenters. The summed E-state index contributed by atoms with van der Waals surface area (Å²) in [6, 6.07) is 0. The minimum Gasteiger partial charge on any atom is -0.309 e. The average molecular weight is 273 g/mol. The predicted molar refractivity (Wildman–Crippen MR) is 84.5 cm³/mol. The number of unbranched alkanes of at least 4 members (excludes halogenated alkanes) is 13. The van der Waals surface area contributed by atoms with Crippen LogP contribution >= 0.6 is 0 Å². The monoisotopic (exact) mass is 272 g/mol. The number of rotatable bonds is 15. The summed E-state index contributed by atoms with van der Waals surface area (Å²) in [7, 11) is 0. The lowest BCUT2D eigenvalue weighted by atomic mass is 10.0.